The number of benzene rings is 1. The maximum atomic E-state index is 10.6. The monoisotopic (exact) mass is 413 g/mol. The van der Waals surface area contributed by atoms with Gasteiger partial charge in [0, 0.05) is 18.1 Å². The minimum absolute atomic E-state index is 0. The van der Waals surface area contributed by atoms with Gasteiger partial charge in [0.25, 0.3) is 0 Å². The molecule has 0 amide bonds. The molecule has 0 bridgehead atoms. The predicted octanol–water partition coefficient (Wildman–Crippen LogP) is 2.09. The van der Waals surface area contributed by atoms with E-state index in [1.165, 1.54) is 43.9 Å². The van der Waals surface area contributed by atoms with Crippen LogP contribution in [0.2, 0.25) is 0 Å². The number of aliphatic carboxylic acids is 1. The van der Waals surface area contributed by atoms with Crippen LogP contribution in [0.4, 0.5) is 0 Å². The van der Waals surface area contributed by atoms with Crippen molar-refractivity contribution in [1.29, 1.82) is 0 Å². The van der Waals surface area contributed by atoms with Crippen LogP contribution in [-0.2, 0) is 17.0 Å². The number of carboxylic acids is 1. The molecular weight excluding hydrogens is 385 g/mol. The van der Waals surface area contributed by atoms with Crippen LogP contribution in [0.25, 0.3) is 0 Å². The zero-order valence-corrected chi connectivity index (χ0v) is 19.6. The van der Waals surface area contributed by atoms with E-state index in [1.807, 2.05) is 31.2 Å². The van der Waals surface area contributed by atoms with E-state index in [1.54, 1.807) is 0 Å². The molecule has 1 N–H and O–H groups in total. The molecule has 28 heavy (non-hydrogen) atoms. The molecule has 5 nitrogen and oxygen atoms in total. The molecule has 0 radical (unpaired) electrons. The summed E-state index contributed by atoms with van der Waals surface area (Å²) in [5.74, 6) is 3.07. The Balaban J connectivity index is 0.00000210. The smallest absolute Gasteiger partial charge is 1.00 e. The third kappa shape index (κ3) is 7.14. The van der Waals surface area contributed by atoms with Crippen LogP contribution in [0.3, 0.4) is 0 Å². The molecule has 1 aromatic heterocycles. The Bertz CT molecular complexity index is 765. The summed E-state index contributed by atoms with van der Waals surface area (Å²) in [4.78, 5) is 15.3. The fraction of sp³-hybridized carbons (Fsp3) is 0.524. The zero-order valence-electron chi connectivity index (χ0n) is 17.8. The molecule has 1 fully saturated rings. The molecule has 7 heteroatoms. The first-order valence-corrected chi connectivity index (χ1v) is 10.7. The predicted molar refractivity (Wildman–Crippen MR) is 108 cm³/mol. The number of carboxylic acid groups (broad SMARTS) is 1. The summed E-state index contributed by atoms with van der Waals surface area (Å²) >= 11 is 1.38. The molecule has 1 aliphatic rings. The number of rotatable bonds is 9. The maximum Gasteiger partial charge on any atom is 1.00 e. The molecule has 3 rings (SSSR count). The van der Waals surface area contributed by atoms with E-state index < -0.39 is 5.97 Å². The van der Waals surface area contributed by atoms with Gasteiger partial charge in [-0.25, -0.2) is 4.98 Å². The summed E-state index contributed by atoms with van der Waals surface area (Å²) in [7, 11) is 0. The summed E-state index contributed by atoms with van der Waals surface area (Å²) in [6.07, 6.45) is 6.95. The summed E-state index contributed by atoms with van der Waals surface area (Å²) in [5, 5.41) is 8.72. The third-order valence-corrected chi connectivity index (χ3v) is 5.85. The summed E-state index contributed by atoms with van der Waals surface area (Å²) in [6.45, 7) is 2.53. The Morgan fingerprint density at radius 2 is 2.14 bits per heavy atom. The van der Waals surface area contributed by atoms with E-state index in [-0.39, 0.29) is 36.7 Å². The van der Waals surface area contributed by atoms with Gasteiger partial charge in [-0.2, -0.15) is 0 Å². The molecule has 1 heterocycles. The maximum absolute atomic E-state index is 10.6. The Morgan fingerprint density at radius 1 is 1.36 bits per heavy atom. The topological polar surface area (TPSA) is 72.6 Å². The van der Waals surface area contributed by atoms with Crippen molar-refractivity contribution in [3.8, 4) is 5.75 Å². The van der Waals surface area contributed by atoms with Crippen LogP contribution in [0, 0.1) is 6.92 Å². The summed E-state index contributed by atoms with van der Waals surface area (Å²) in [6, 6.07) is 7.82. The minimum Gasteiger partial charge on any atom is -1.00 e. The molecule has 1 saturated carbocycles. The van der Waals surface area contributed by atoms with E-state index >= 15 is 0 Å². The second kappa shape index (κ2) is 11.9. The Labute approximate surface area is 194 Å². The van der Waals surface area contributed by atoms with Crippen molar-refractivity contribution < 1.29 is 50.0 Å². The SMILES string of the molecule is Cc1oc(C2CCCCC2)nc1CCOc1cccc(CSCC(=O)O)c1.[H-].[Na+]. The number of oxazole rings is 1. The van der Waals surface area contributed by atoms with Crippen molar-refractivity contribution >= 4 is 17.7 Å². The fourth-order valence-electron chi connectivity index (χ4n) is 3.45. The molecule has 0 atom stereocenters. The van der Waals surface area contributed by atoms with E-state index in [4.69, 9.17) is 19.2 Å². The fourth-order valence-corrected chi connectivity index (χ4v) is 4.15. The number of hydrogen-bond acceptors (Lipinski definition) is 5. The van der Waals surface area contributed by atoms with Crippen LogP contribution < -0.4 is 34.3 Å². The second-order valence-corrected chi connectivity index (χ2v) is 8.01. The standard InChI is InChI=1S/C21H27NO4S.Na.H/c1-15-19(22-21(26-15)17-7-3-2-4-8-17)10-11-25-18-9-5-6-16(12-18)13-27-14-20(23)24;;/h5-6,9,12,17H,2-4,7-8,10-11,13-14H2,1H3,(H,23,24);;/q;+1;-1. The summed E-state index contributed by atoms with van der Waals surface area (Å²) < 4.78 is 11.8. The van der Waals surface area contributed by atoms with E-state index in [0.29, 0.717) is 18.3 Å². The Kier molecular flexibility index (Phi) is 9.92. The van der Waals surface area contributed by atoms with Crippen LogP contribution in [0.15, 0.2) is 28.7 Å². The average Bonchev–Trinajstić information content (AvgIpc) is 3.03. The van der Waals surface area contributed by atoms with Gasteiger partial charge in [0.05, 0.1) is 18.1 Å². The molecule has 1 aromatic carbocycles. The van der Waals surface area contributed by atoms with Gasteiger partial charge in [-0.1, -0.05) is 31.4 Å². The second-order valence-electron chi connectivity index (χ2n) is 7.02. The van der Waals surface area contributed by atoms with Gasteiger partial charge in [0.15, 0.2) is 5.89 Å². The summed E-state index contributed by atoms with van der Waals surface area (Å²) in [5.41, 5.74) is 2.06. The molecular formula is C21H28NNaO4S. The van der Waals surface area contributed by atoms with Gasteiger partial charge in [-0.05, 0) is 37.5 Å². The molecule has 0 saturated heterocycles. The normalized spacial score (nSPS) is 14.5. The number of nitrogens with zero attached hydrogens (tertiary/aromatic N) is 1. The van der Waals surface area contributed by atoms with Gasteiger partial charge in [0.1, 0.15) is 11.5 Å². The van der Waals surface area contributed by atoms with Gasteiger partial charge in [-0.3, -0.25) is 4.79 Å². The third-order valence-electron chi connectivity index (χ3n) is 4.86. The van der Waals surface area contributed by atoms with Crippen molar-refractivity contribution in [2.24, 2.45) is 0 Å². The van der Waals surface area contributed by atoms with Crippen LogP contribution in [0.5, 0.6) is 5.75 Å². The molecule has 0 unspecified atom stereocenters. The number of ether oxygens (including phenoxy) is 1. The number of aryl methyl sites for hydroxylation is 1. The molecule has 2 aromatic rings. The Hall–Kier alpha value is -0.950. The van der Waals surface area contributed by atoms with Crippen molar-refractivity contribution in [2.45, 2.75) is 57.1 Å². The van der Waals surface area contributed by atoms with Crippen molar-refractivity contribution in [2.75, 3.05) is 12.4 Å². The van der Waals surface area contributed by atoms with Crippen LogP contribution in [-0.4, -0.2) is 28.4 Å². The number of aromatic nitrogens is 1. The number of thioether (sulfide) groups is 1. The minimum atomic E-state index is -0.789. The van der Waals surface area contributed by atoms with Crippen LogP contribution in [0.1, 0.15) is 62.4 Å². The zero-order chi connectivity index (χ0) is 19.1. The van der Waals surface area contributed by atoms with Gasteiger partial charge in [-0.15, -0.1) is 11.8 Å². The number of hydrogen-bond donors (Lipinski definition) is 1. The van der Waals surface area contributed by atoms with Gasteiger partial charge < -0.3 is 15.7 Å². The molecule has 1 aliphatic carbocycles. The van der Waals surface area contributed by atoms with Gasteiger partial charge in [0.2, 0.25) is 0 Å². The van der Waals surface area contributed by atoms with Crippen LogP contribution >= 0.6 is 11.8 Å². The molecule has 148 valence electrons. The van der Waals surface area contributed by atoms with Crippen molar-refractivity contribution in [3.05, 3.63) is 47.2 Å². The Morgan fingerprint density at radius 3 is 2.89 bits per heavy atom. The van der Waals surface area contributed by atoms with Gasteiger partial charge >= 0.3 is 35.5 Å². The quantitative estimate of drug-likeness (QED) is 0.635. The molecule has 0 spiro atoms. The first-order valence-electron chi connectivity index (χ1n) is 9.59. The van der Waals surface area contributed by atoms with E-state index in [0.717, 1.165) is 35.1 Å². The average molecular weight is 414 g/mol. The first kappa shape index (κ1) is 23.3. The van der Waals surface area contributed by atoms with Crippen molar-refractivity contribution in [3.63, 3.8) is 0 Å². The van der Waals surface area contributed by atoms with E-state index in [9.17, 15) is 4.79 Å². The molecule has 0 aliphatic heterocycles. The van der Waals surface area contributed by atoms with E-state index in [2.05, 4.69) is 0 Å². The largest absolute Gasteiger partial charge is 1.00 e. The number of carbonyl (C=O) groups is 1. The first-order chi connectivity index (χ1) is 13.1. The van der Waals surface area contributed by atoms with Crippen molar-refractivity contribution in [1.82, 2.24) is 4.98 Å².